The van der Waals surface area contributed by atoms with E-state index in [4.69, 9.17) is 16.7 Å². The summed E-state index contributed by atoms with van der Waals surface area (Å²) in [7, 11) is 1.93. The number of aliphatic carboxylic acids is 1. The Morgan fingerprint density at radius 3 is 2.75 bits per heavy atom. The molecule has 1 unspecified atom stereocenters. The van der Waals surface area contributed by atoms with Crippen LogP contribution in [0.1, 0.15) is 18.2 Å². The minimum absolute atomic E-state index is 0.291. The van der Waals surface area contributed by atoms with E-state index in [2.05, 4.69) is 0 Å². The van der Waals surface area contributed by atoms with Gasteiger partial charge in [0.2, 0.25) is 0 Å². The first kappa shape index (κ1) is 13.5. The van der Waals surface area contributed by atoms with E-state index < -0.39 is 5.97 Å². The lowest BCUT2D eigenvalue weighted by atomic mass is 10.1. The Bertz CT molecular complexity index is 354. The van der Waals surface area contributed by atoms with E-state index in [1.165, 1.54) is 11.3 Å². The highest BCUT2D eigenvalue weighted by molar-refractivity contribution is 7.16. The highest BCUT2D eigenvalue weighted by Crippen LogP contribution is 2.22. The molecule has 0 fully saturated rings. The predicted molar refractivity (Wildman–Crippen MR) is 67.1 cm³/mol. The average molecular weight is 262 g/mol. The molecule has 0 aromatic carbocycles. The molecule has 0 radical (unpaired) electrons. The minimum Gasteiger partial charge on any atom is -0.481 e. The zero-order valence-corrected chi connectivity index (χ0v) is 11.0. The Hall–Kier alpha value is -0.580. The van der Waals surface area contributed by atoms with E-state index in [1.54, 1.807) is 0 Å². The molecule has 0 saturated carbocycles. The van der Waals surface area contributed by atoms with Crippen LogP contribution in [0.3, 0.4) is 0 Å². The summed E-state index contributed by atoms with van der Waals surface area (Å²) in [6, 6.07) is 3.84. The van der Waals surface area contributed by atoms with Crippen molar-refractivity contribution < 1.29 is 9.90 Å². The Kier molecular flexibility index (Phi) is 5.25. The monoisotopic (exact) mass is 261 g/mol. The molecular formula is C11H16ClNO2S. The molecule has 5 heteroatoms. The van der Waals surface area contributed by atoms with Gasteiger partial charge in [-0.1, -0.05) is 18.5 Å². The second kappa shape index (κ2) is 6.23. The van der Waals surface area contributed by atoms with Crippen LogP contribution in [0, 0.1) is 5.92 Å². The summed E-state index contributed by atoms with van der Waals surface area (Å²) in [5.41, 5.74) is 0. The van der Waals surface area contributed by atoms with Crippen LogP contribution >= 0.6 is 22.9 Å². The van der Waals surface area contributed by atoms with Gasteiger partial charge in [-0.3, -0.25) is 4.79 Å². The van der Waals surface area contributed by atoms with Crippen LogP contribution in [0.25, 0.3) is 0 Å². The molecule has 0 spiro atoms. The van der Waals surface area contributed by atoms with Gasteiger partial charge >= 0.3 is 5.97 Å². The van der Waals surface area contributed by atoms with Crippen molar-refractivity contribution >= 4 is 28.9 Å². The van der Waals surface area contributed by atoms with Crippen molar-refractivity contribution in [3.63, 3.8) is 0 Å². The number of carboxylic acids is 1. The number of hydrogen-bond donors (Lipinski definition) is 1. The fourth-order valence-electron chi connectivity index (χ4n) is 1.53. The number of thiophene rings is 1. The van der Waals surface area contributed by atoms with Crippen molar-refractivity contribution in [3.8, 4) is 0 Å². The molecule has 0 aliphatic rings. The van der Waals surface area contributed by atoms with Crippen LogP contribution in [0.5, 0.6) is 0 Å². The summed E-state index contributed by atoms with van der Waals surface area (Å²) in [6.07, 6.45) is 0.658. The van der Waals surface area contributed by atoms with Crippen molar-refractivity contribution in [2.24, 2.45) is 5.92 Å². The first-order valence-corrected chi connectivity index (χ1v) is 6.38. The fourth-order valence-corrected chi connectivity index (χ4v) is 2.69. The highest BCUT2D eigenvalue weighted by atomic mass is 35.5. The third-order valence-corrected chi connectivity index (χ3v) is 3.64. The molecule has 3 nitrogen and oxygen atoms in total. The molecule has 0 saturated heterocycles. The van der Waals surface area contributed by atoms with Crippen LogP contribution in [-0.4, -0.2) is 29.6 Å². The Balaban J connectivity index is 2.46. The second-order valence-electron chi connectivity index (χ2n) is 3.85. The van der Waals surface area contributed by atoms with Crippen LogP contribution in [0.15, 0.2) is 12.1 Å². The second-order valence-corrected chi connectivity index (χ2v) is 5.65. The summed E-state index contributed by atoms with van der Waals surface area (Å²) in [5, 5.41) is 8.95. The van der Waals surface area contributed by atoms with Gasteiger partial charge in [0.05, 0.1) is 10.3 Å². The zero-order chi connectivity index (χ0) is 12.1. The smallest absolute Gasteiger partial charge is 0.307 e. The fraction of sp³-hybridized carbons (Fsp3) is 0.545. The molecule has 1 N–H and O–H groups in total. The number of rotatable bonds is 6. The third-order valence-electron chi connectivity index (χ3n) is 2.43. The summed E-state index contributed by atoms with van der Waals surface area (Å²) >= 11 is 7.37. The first-order valence-electron chi connectivity index (χ1n) is 5.18. The lowest BCUT2D eigenvalue weighted by Crippen LogP contribution is -2.29. The van der Waals surface area contributed by atoms with E-state index in [9.17, 15) is 4.79 Å². The van der Waals surface area contributed by atoms with Gasteiger partial charge in [-0.2, -0.15) is 0 Å². The summed E-state index contributed by atoms with van der Waals surface area (Å²) < 4.78 is 0.772. The average Bonchev–Trinajstić information content (AvgIpc) is 2.60. The molecular weight excluding hydrogens is 246 g/mol. The van der Waals surface area contributed by atoms with E-state index in [-0.39, 0.29) is 5.92 Å². The van der Waals surface area contributed by atoms with E-state index in [0.717, 1.165) is 15.8 Å². The van der Waals surface area contributed by atoms with Gasteiger partial charge in [0.15, 0.2) is 0 Å². The standard InChI is InChI=1S/C11H16ClNO2S/c1-3-8(11(14)15)6-13(2)7-9-4-5-10(12)16-9/h4-5,8H,3,6-7H2,1-2H3,(H,14,15). The maximum atomic E-state index is 10.9. The van der Waals surface area contributed by atoms with Gasteiger partial charge in [-0.15, -0.1) is 11.3 Å². The number of carboxylic acid groups (broad SMARTS) is 1. The number of nitrogens with zero attached hydrogens (tertiary/aromatic N) is 1. The largest absolute Gasteiger partial charge is 0.481 e. The summed E-state index contributed by atoms with van der Waals surface area (Å²) in [4.78, 5) is 14.1. The van der Waals surface area contributed by atoms with Gasteiger partial charge in [-0.05, 0) is 25.6 Å². The molecule has 1 aromatic rings. The normalized spacial score (nSPS) is 13.0. The number of carbonyl (C=O) groups is 1. The lowest BCUT2D eigenvalue weighted by Gasteiger charge is -2.19. The first-order chi connectivity index (χ1) is 7.52. The van der Waals surface area contributed by atoms with Gasteiger partial charge in [0.25, 0.3) is 0 Å². The van der Waals surface area contributed by atoms with Crippen LogP contribution in [0.4, 0.5) is 0 Å². The van der Waals surface area contributed by atoms with Crippen molar-refractivity contribution in [2.45, 2.75) is 19.9 Å². The summed E-state index contributed by atoms with van der Waals surface area (Å²) in [5.74, 6) is -1.01. The van der Waals surface area contributed by atoms with Crippen LogP contribution in [0.2, 0.25) is 4.34 Å². The maximum Gasteiger partial charge on any atom is 0.307 e. The number of halogens is 1. The molecule has 1 aromatic heterocycles. The van der Waals surface area contributed by atoms with E-state index in [1.807, 2.05) is 31.0 Å². The number of hydrogen-bond acceptors (Lipinski definition) is 3. The SMILES string of the molecule is CCC(CN(C)Cc1ccc(Cl)s1)C(=O)O. The predicted octanol–water partition coefficient (Wildman–Crippen LogP) is 2.94. The quantitative estimate of drug-likeness (QED) is 0.856. The van der Waals surface area contributed by atoms with Gasteiger partial charge in [-0.25, -0.2) is 0 Å². The Morgan fingerprint density at radius 2 is 2.31 bits per heavy atom. The van der Waals surface area contributed by atoms with Gasteiger partial charge in [0, 0.05) is 18.0 Å². The highest BCUT2D eigenvalue weighted by Gasteiger charge is 2.17. The van der Waals surface area contributed by atoms with Gasteiger partial charge < -0.3 is 10.0 Å². The van der Waals surface area contributed by atoms with Crippen molar-refractivity contribution in [1.82, 2.24) is 4.90 Å². The van der Waals surface area contributed by atoms with Crippen LogP contribution in [-0.2, 0) is 11.3 Å². The van der Waals surface area contributed by atoms with Gasteiger partial charge in [0.1, 0.15) is 0 Å². The molecule has 0 aliphatic carbocycles. The molecule has 0 bridgehead atoms. The molecule has 1 rings (SSSR count). The molecule has 1 heterocycles. The summed E-state index contributed by atoms with van der Waals surface area (Å²) in [6.45, 7) is 3.22. The van der Waals surface area contributed by atoms with Crippen molar-refractivity contribution in [1.29, 1.82) is 0 Å². The van der Waals surface area contributed by atoms with Crippen LogP contribution < -0.4 is 0 Å². The van der Waals surface area contributed by atoms with E-state index in [0.29, 0.717) is 13.0 Å². The topological polar surface area (TPSA) is 40.5 Å². The molecule has 1 atom stereocenters. The maximum absolute atomic E-state index is 10.9. The molecule has 0 aliphatic heterocycles. The lowest BCUT2D eigenvalue weighted by molar-refractivity contribution is -0.142. The molecule has 90 valence electrons. The van der Waals surface area contributed by atoms with Crippen molar-refractivity contribution in [2.75, 3.05) is 13.6 Å². The Labute approximate surface area is 105 Å². The third kappa shape index (κ3) is 4.12. The molecule has 16 heavy (non-hydrogen) atoms. The van der Waals surface area contributed by atoms with Crippen molar-refractivity contribution in [3.05, 3.63) is 21.3 Å². The Morgan fingerprint density at radius 1 is 1.62 bits per heavy atom. The minimum atomic E-state index is -0.724. The van der Waals surface area contributed by atoms with E-state index >= 15 is 0 Å². The zero-order valence-electron chi connectivity index (χ0n) is 9.44. The molecule has 0 amide bonds.